The van der Waals surface area contributed by atoms with Crippen LogP contribution < -0.4 is 10.2 Å². The summed E-state index contributed by atoms with van der Waals surface area (Å²) in [7, 11) is 1.73. The third-order valence-corrected chi connectivity index (χ3v) is 4.70. The van der Waals surface area contributed by atoms with Crippen molar-refractivity contribution in [3.05, 3.63) is 59.4 Å². The zero-order valence-corrected chi connectivity index (χ0v) is 18.7. The quantitative estimate of drug-likeness (QED) is 0.380. The van der Waals surface area contributed by atoms with Gasteiger partial charge in [0, 0.05) is 44.6 Å². The molecule has 1 aliphatic heterocycles. The van der Waals surface area contributed by atoms with Crippen LogP contribution in [0.1, 0.15) is 17.0 Å². The maximum atomic E-state index is 12.9. The summed E-state index contributed by atoms with van der Waals surface area (Å²) in [5.41, 5.74) is 1.88. The van der Waals surface area contributed by atoms with Gasteiger partial charge in [0.1, 0.15) is 0 Å². The molecule has 0 amide bonds. The number of alkyl halides is 3. The van der Waals surface area contributed by atoms with Gasteiger partial charge < -0.3 is 15.1 Å². The van der Waals surface area contributed by atoms with E-state index in [1.165, 1.54) is 12.1 Å². The van der Waals surface area contributed by atoms with Crippen LogP contribution in [-0.2, 0) is 12.7 Å². The lowest BCUT2D eigenvalue weighted by molar-refractivity contribution is -0.137. The van der Waals surface area contributed by atoms with Gasteiger partial charge in [-0.1, -0.05) is 12.1 Å². The first kappa shape index (κ1) is 23.2. The molecule has 2 heterocycles. The van der Waals surface area contributed by atoms with Crippen LogP contribution in [0.4, 0.5) is 18.9 Å². The Morgan fingerprint density at radius 2 is 1.79 bits per heavy atom. The molecule has 0 aliphatic carbocycles. The fourth-order valence-corrected chi connectivity index (χ4v) is 3.26. The molecule has 5 nitrogen and oxygen atoms in total. The number of halogens is 4. The largest absolute Gasteiger partial charge is 0.416 e. The smallest absolute Gasteiger partial charge is 0.368 e. The molecule has 0 bridgehead atoms. The van der Waals surface area contributed by atoms with Gasteiger partial charge in [-0.2, -0.15) is 13.2 Å². The number of aliphatic imine (C=N–C) groups is 1. The molecule has 29 heavy (non-hydrogen) atoms. The van der Waals surface area contributed by atoms with Crippen molar-refractivity contribution in [1.82, 2.24) is 15.2 Å². The predicted octanol–water partition coefficient (Wildman–Crippen LogP) is 3.92. The molecular formula is C20H25F3IN5. The van der Waals surface area contributed by atoms with E-state index in [4.69, 9.17) is 0 Å². The van der Waals surface area contributed by atoms with Crippen LogP contribution in [0.3, 0.4) is 0 Å². The van der Waals surface area contributed by atoms with Gasteiger partial charge in [-0.05, 0) is 37.3 Å². The Hall–Kier alpha value is -2.04. The number of aryl methyl sites for hydroxylation is 1. The number of aromatic nitrogens is 1. The van der Waals surface area contributed by atoms with E-state index in [0.29, 0.717) is 38.4 Å². The summed E-state index contributed by atoms with van der Waals surface area (Å²) in [6.07, 6.45) is -4.33. The summed E-state index contributed by atoms with van der Waals surface area (Å²) in [6.45, 7) is 5.14. The lowest BCUT2D eigenvalue weighted by Crippen LogP contribution is -2.52. The van der Waals surface area contributed by atoms with E-state index < -0.39 is 11.7 Å². The van der Waals surface area contributed by atoms with Crippen molar-refractivity contribution in [2.45, 2.75) is 19.6 Å². The van der Waals surface area contributed by atoms with Crippen LogP contribution in [0.2, 0.25) is 0 Å². The molecule has 0 spiro atoms. The van der Waals surface area contributed by atoms with Gasteiger partial charge in [-0.25, -0.2) is 0 Å². The number of anilines is 1. The molecular weight excluding hydrogens is 494 g/mol. The molecule has 3 rings (SSSR count). The Bertz CT molecular complexity index is 833. The van der Waals surface area contributed by atoms with Crippen molar-refractivity contribution < 1.29 is 13.2 Å². The minimum atomic E-state index is -4.33. The maximum absolute atomic E-state index is 12.9. The number of hydrogen-bond donors (Lipinski definition) is 1. The van der Waals surface area contributed by atoms with Gasteiger partial charge >= 0.3 is 6.18 Å². The summed E-state index contributed by atoms with van der Waals surface area (Å²) in [6, 6.07) is 11.4. The Balaban J connectivity index is 0.00000300. The molecule has 2 aromatic rings. The molecule has 0 saturated carbocycles. The minimum absolute atomic E-state index is 0. The fourth-order valence-electron chi connectivity index (χ4n) is 3.26. The average Bonchev–Trinajstić information content (AvgIpc) is 2.68. The van der Waals surface area contributed by atoms with Crippen molar-refractivity contribution in [1.29, 1.82) is 0 Å². The zero-order valence-electron chi connectivity index (χ0n) is 16.4. The van der Waals surface area contributed by atoms with Gasteiger partial charge in [0.15, 0.2) is 5.96 Å². The van der Waals surface area contributed by atoms with Crippen molar-refractivity contribution in [2.75, 3.05) is 38.1 Å². The highest BCUT2D eigenvalue weighted by Gasteiger charge is 2.31. The predicted molar refractivity (Wildman–Crippen MR) is 120 cm³/mol. The van der Waals surface area contributed by atoms with Crippen LogP contribution in [0.25, 0.3) is 0 Å². The van der Waals surface area contributed by atoms with E-state index in [0.717, 1.165) is 23.4 Å². The van der Waals surface area contributed by atoms with Gasteiger partial charge in [0.2, 0.25) is 0 Å². The maximum Gasteiger partial charge on any atom is 0.416 e. The first-order valence-corrected chi connectivity index (χ1v) is 9.17. The SMILES string of the molecule is CN=C(NCc1cccc(C)n1)N1CCN(c2cccc(C(F)(F)F)c2)CC1.I. The van der Waals surface area contributed by atoms with E-state index in [1.807, 2.05) is 30.0 Å². The van der Waals surface area contributed by atoms with Crippen LogP contribution in [0, 0.1) is 6.92 Å². The molecule has 1 aromatic carbocycles. The van der Waals surface area contributed by atoms with E-state index in [1.54, 1.807) is 13.1 Å². The summed E-state index contributed by atoms with van der Waals surface area (Å²) in [5.74, 6) is 0.770. The second-order valence-electron chi connectivity index (χ2n) is 6.69. The van der Waals surface area contributed by atoms with Gasteiger partial charge in [-0.3, -0.25) is 9.98 Å². The fraction of sp³-hybridized carbons (Fsp3) is 0.400. The van der Waals surface area contributed by atoms with Crippen LogP contribution >= 0.6 is 24.0 Å². The molecule has 0 unspecified atom stereocenters. The Morgan fingerprint density at radius 1 is 1.10 bits per heavy atom. The summed E-state index contributed by atoms with van der Waals surface area (Å²) in [4.78, 5) is 12.9. The van der Waals surface area contributed by atoms with Crippen LogP contribution in [0.15, 0.2) is 47.5 Å². The monoisotopic (exact) mass is 519 g/mol. The van der Waals surface area contributed by atoms with Crippen molar-refractivity contribution in [3.63, 3.8) is 0 Å². The summed E-state index contributed by atoms with van der Waals surface area (Å²) in [5, 5.41) is 3.31. The van der Waals surface area contributed by atoms with Crippen LogP contribution in [-0.4, -0.2) is 49.1 Å². The molecule has 0 radical (unpaired) electrons. The minimum Gasteiger partial charge on any atom is -0.368 e. The molecule has 158 valence electrons. The summed E-state index contributed by atoms with van der Waals surface area (Å²) < 4.78 is 38.8. The number of hydrogen-bond acceptors (Lipinski definition) is 3. The standard InChI is InChI=1S/C20H24F3N5.HI/c1-15-5-3-7-17(26-15)14-25-19(24-2)28-11-9-27(10-12-28)18-8-4-6-16(13-18)20(21,22)23;/h3-8,13H,9-12,14H2,1-2H3,(H,24,25);1H. The van der Waals surface area contributed by atoms with Crippen LogP contribution in [0.5, 0.6) is 0 Å². The first-order chi connectivity index (χ1) is 13.4. The Labute approximate surface area is 186 Å². The molecule has 0 atom stereocenters. The van der Waals surface area contributed by atoms with E-state index in [9.17, 15) is 13.2 Å². The highest BCUT2D eigenvalue weighted by molar-refractivity contribution is 14.0. The van der Waals surface area contributed by atoms with E-state index in [2.05, 4.69) is 20.2 Å². The van der Waals surface area contributed by atoms with Gasteiger partial charge in [-0.15, -0.1) is 24.0 Å². The zero-order chi connectivity index (χ0) is 20.1. The number of nitrogens with zero attached hydrogens (tertiary/aromatic N) is 4. The van der Waals surface area contributed by atoms with E-state index in [-0.39, 0.29) is 24.0 Å². The molecule has 1 fully saturated rings. The second kappa shape index (κ2) is 10.1. The number of nitrogens with one attached hydrogen (secondary N) is 1. The molecule has 1 N–H and O–H groups in total. The van der Waals surface area contributed by atoms with Gasteiger partial charge in [0.25, 0.3) is 0 Å². The summed E-state index contributed by atoms with van der Waals surface area (Å²) >= 11 is 0. The Morgan fingerprint density at radius 3 is 2.41 bits per heavy atom. The number of guanidine groups is 1. The highest BCUT2D eigenvalue weighted by atomic mass is 127. The van der Waals surface area contributed by atoms with Crippen molar-refractivity contribution in [3.8, 4) is 0 Å². The number of benzene rings is 1. The lowest BCUT2D eigenvalue weighted by Gasteiger charge is -2.37. The number of pyridine rings is 1. The number of rotatable bonds is 3. The highest BCUT2D eigenvalue weighted by Crippen LogP contribution is 2.31. The molecule has 1 aliphatic rings. The molecule has 9 heteroatoms. The van der Waals surface area contributed by atoms with Crippen molar-refractivity contribution >= 4 is 35.6 Å². The lowest BCUT2D eigenvalue weighted by atomic mass is 10.1. The Kier molecular flexibility index (Phi) is 8.12. The van der Waals surface area contributed by atoms with E-state index >= 15 is 0 Å². The van der Waals surface area contributed by atoms with Gasteiger partial charge in [0.05, 0.1) is 17.8 Å². The topological polar surface area (TPSA) is 43.8 Å². The van der Waals surface area contributed by atoms with Crippen molar-refractivity contribution in [2.24, 2.45) is 4.99 Å². The first-order valence-electron chi connectivity index (χ1n) is 9.17. The normalized spacial score (nSPS) is 15.1. The number of piperazine rings is 1. The molecule has 1 saturated heterocycles. The third kappa shape index (κ3) is 6.22. The molecule has 1 aromatic heterocycles. The second-order valence-corrected chi connectivity index (χ2v) is 6.69. The average molecular weight is 519 g/mol. The third-order valence-electron chi connectivity index (χ3n) is 4.70.